The Morgan fingerprint density at radius 3 is 2.75 bits per heavy atom. The molecule has 0 aliphatic heterocycles. The molecular weight excluding hydrogens is 365 g/mol. The van der Waals surface area contributed by atoms with E-state index in [1.807, 2.05) is 41.2 Å². The Kier molecular flexibility index (Phi) is 4.17. The average Bonchev–Trinajstić information content (AvgIpc) is 3.11. The first kappa shape index (κ1) is 13.4. The number of benzene rings is 1. The van der Waals surface area contributed by atoms with Crippen LogP contribution in [-0.2, 0) is 13.1 Å². The fraction of sp³-hybridized carbons (Fsp3) is 0.133. The van der Waals surface area contributed by atoms with Gasteiger partial charge in [-0.3, -0.25) is 0 Å². The van der Waals surface area contributed by atoms with E-state index in [0.29, 0.717) is 0 Å². The van der Waals surface area contributed by atoms with Crippen LogP contribution in [0.25, 0.3) is 5.69 Å². The zero-order valence-electron chi connectivity index (χ0n) is 10.8. The minimum atomic E-state index is 0.719. The topological polar surface area (TPSA) is 43.0 Å². The molecule has 0 saturated carbocycles. The molecule has 20 heavy (non-hydrogen) atoms. The Labute approximate surface area is 130 Å². The van der Waals surface area contributed by atoms with Crippen LogP contribution in [0.15, 0.2) is 59.3 Å². The molecule has 0 spiro atoms. The summed E-state index contributed by atoms with van der Waals surface area (Å²) in [4.78, 5) is 0. The summed E-state index contributed by atoms with van der Waals surface area (Å²) in [6, 6.07) is 14.1. The van der Waals surface area contributed by atoms with E-state index in [1.54, 1.807) is 6.20 Å². The van der Waals surface area contributed by atoms with Crippen LogP contribution in [0.5, 0.6) is 0 Å². The molecule has 3 aromatic rings. The van der Waals surface area contributed by atoms with Crippen molar-refractivity contribution in [3.8, 4) is 5.69 Å². The van der Waals surface area contributed by atoms with Gasteiger partial charge in [0.2, 0.25) is 0 Å². The molecule has 0 amide bonds. The second kappa shape index (κ2) is 6.23. The van der Waals surface area contributed by atoms with Crippen LogP contribution in [0.2, 0.25) is 0 Å². The van der Waals surface area contributed by atoms with Gasteiger partial charge in [0.1, 0.15) is 5.76 Å². The first-order valence-corrected chi connectivity index (χ1v) is 7.43. The van der Waals surface area contributed by atoms with Gasteiger partial charge in [-0.15, -0.1) is 0 Å². The molecule has 0 atom stereocenters. The average molecular weight is 379 g/mol. The van der Waals surface area contributed by atoms with Crippen molar-refractivity contribution in [2.45, 2.75) is 13.1 Å². The maximum atomic E-state index is 5.53. The van der Waals surface area contributed by atoms with Crippen LogP contribution < -0.4 is 5.32 Å². The summed E-state index contributed by atoms with van der Waals surface area (Å²) < 4.78 is 8.33. The summed E-state index contributed by atoms with van der Waals surface area (Å²) in [5.74, 6) is 0.950. The lowest BCUT2D eigenvalue weighted by Crippen LogP contribution is -2.14. The highest BCUT2D eigenvalue weighted by molar-refractivity contribution is 14.1. The Balaban J connectivity index is 1.68. The normalized spacial score (nSPS) is 10.8. The van der Waals surface area contributed by atoms with Gasteiger partial charge in [-0.25, -0.2) is 4.68 Å². The van der Waals surface area contributed by atoms with Crippen molar-refractivity contribution in [3.05, 3.63) is 69.9 Å². The quantitative estimate of drug-likeness (QED) is 0.692. The molecule has 0 saturated heterocycles. The third-order valence-electron chi connectivity index (χ3n) is 2.99. The van der Waals surface area contributed by atoms with Crippen LogP contribution in [0, 0.1) is 3.77 Å². The summed E-state index contributed by atoms with van der Waals surface area (Å²) in [7, 11) is 0. The minimum Gasteiger partial charge on any atom is -0.454 e. The van der Waals surface area contributed by atoms with E-state index in [1.165, 1.54) is 5.56 Å². The fourth-order valence-corrected chi connectivity index (χ4v) is 2.52. The minimum absolute atomic E-state index is 0.719. The van der Waals surface area contributed by atoms with Crippen LogP contribution in [0.1, 0.15) is 11.3 Å². The standard InChI is InChI=1S/C15H14IN3O/c16-15-7-6-13(20-15)11-17-10-12-4-1-2-5-14(12)19-9-3-8-18-19/h1-9,17H,10-11H2. The molecule has 1 aromatic carbocycles. The molecule has 5 heteroatoms. The van der Waals surface area contributed by atoms with Gasteiger partial charge in [0.05, 0.1) is 12.2 Å². The van der Waals surface area contributed by atoms with Crippen LogP contribution in [-0.4, -0.2) is 9.78 Å². The number of para-hydroxylation sites is 1. The van der Waals surface area contributed by atoms with E-state index in [-0.39, 0.29) is 0 Å². The largest absolute Gasteiger partial charge is 0.454 e. The van der Waals surface area contributed by atoms with E-state index >= 15 is 0 Å². The third-order valence-corrected chi connectivity index (χ3v) is 3.57. The first-order chi connectivity index (χ1) is 9.83. The van der Waals surface area contributed by atoms with Crippen molar-refractivity contribution in [3.63, 3.8) is 0 Å². The SMILES string of the molecule is Ic1ccc(CNCc2ccccc2-n2cccn2)o1. The first-order valence-electron chi connectivity index (χ1n) is 6.36. The number of nitrogens with one attached hydrogen (secondary N) is 1. The van der Waals surface area contributed by atoms with Crippen molar-refractivity contribution in [1.29, 1.82) is 0 Å². The van der Waals surface area contributed by atoms with Crippen LogP contribution in [0.4, 0.5) is 0 Å². The number of halogens is 1. The van der Waals surface area contributed by atoms with Crippen LogP contribution >= 0.6 is 22.6 Å². The lowest BCUT2D eigenvalue weighted by atomic mass is 10.2. The lowest BCUT2D eigenvalue weighted by molar-refractivity contribution is 0.463. The van der Waals surface area contributed by atoms with Crippen molar-refractivity contribution >= 4 is 22.6 Å². The van der Waals surface area contributed by atoms with Gasteiger partial charge in [-0.05, 0) is 52.4 Å². The zero-order chi connectivity index (χ0) is 13.8. The van der Waals surface area contributed by atoms with Crippen molar-refractivity contribution < 1.29 is 4.42 Å². The van der Waals surface area contributed by atoms with Gasteiger partial charge in [-0.2, -0.15) is 5.10 Å². The predicted molar refractivity (Wildman–Crippen MR) is 85.5 cm³/mol. The number of nitrogens with zero attached hydrogens (tertiary/aromatic N) is 2. The summed E-state index contributed by atoms with van der Waals surface area (Å²) in [6.07, 6.45) is 3.74. The summed E-state index contributed by atoms with van der Waals surface area (Å²) >= 11 is 2.17. The second-order valence-electron chi connectivity index (χ2n) is 4.39. The summed E-state index contributed by atoms with van der Waals surface area (Å²) in [6.45, 7) is 1.49. The highest BCUT2D eigenvalue weighted by Gasteiger charge is 2.04. The number of hydrogen-bond acceptors (Lipinski definition) is 3. The molecule has 2 heterocycles. The highest BCUT2D eigenvalue weighted by Crippen LogP contribution is 2.14. The number of hydrogen-bond donors (Lipinski definition) is 1. The Hall–Kier alpha value is -1.60. The van der Waals surface area contributed by atoms with E-state index in [0.717, 1.165) is 28.3 Å². The molecule has 3 rings (SSSR count). The monoisotopic (exact) mass is 379 g/mol. The predicted octanol–water partition coefficient (Wildman–Crippen LogP) is 3.36. The fourth-order valence-electron chi connectivity index (χ4n) is 2.06. The van der Waals surface area contributed by atoms with Gasteiger partial charge in [-0.1, -0.05) is 18.2 Å². The smallest absolute Gasteiger partial charge is 0.164 e. The van der Waals surface area contributed by atoms with E-state index < -0.39 is 0 Å². The molecule has 4 nitrogen and oxygen atoms in total. The van der Waals surface area contributed by atoms with Gasteiger partial charge in [0, 0.05) is 18.9 Å². The van der Waals surface area contributed by atoms with Gasteiger partial charge < -0.3 is 9.73 Å². The van der Waals surface area contributed by atoms with E-state index in [9.17, 15) is 0 Å². The van der Waals surface area contributed by atoms with E-state index in [2.05, 4.69) is 45.1 Å². The molecule has 0 aliphatic carbocycles. The molecule has 0 radical (unpaired) electrons. The van der Waals surface area contributed by atoms with Crippen molar-refractivity contribution in [2.24, 2.45) is 0 Å². The molecular formula is C15H14IN3O. The molecule has 1 N–H and O–H groups in total. The van der Waals surface area contributed by atoms with Crippen LogP contribution in [0.3, 0.4) is 0 Å². The molecule has 2 aromatic heterocycles. The van der Waals surface area contributed by atoms with E-state index in [4.69, 9.17) is 4.42 Å². The Bertz CT molecular complexity index is 676. The molecule has 0 fully saturated rings. The maximum absolute atomic E-state index is 5.53. The molecule has 0 aliphatic rings. The second-order valence-corrected chi connectivity index (χ2v) is 5.45. The third kappa shape index (κ3) is 3.10. The molecule has 0 bridgehead atoms. The Morgan fingerprint density at radius 1 is 1.10 bits per heavy atom. The number of rotatable bonds is 5. The number of furan rings is 1. The maximum Gasteiger partial charge on any atom is 0.164 e. The zero-order valence-corrected chi connectivity index (χ0v) is 12.9. The molecule has 102 valence electrons. The number of aromatic nitrogens is 2. The molecule has 0 unspecified atom stereocenters. The van der Waals surface area contributed by atoms with Gasteiger partial charge in [0.25, 0.3) is 0 Å². The summed E-state index contributed by atoms with van der Waals surface area (Å²) in [5.41, 5.74) is 2.30. The highest BCUT2D eigenvalue weighted by atomic mass is 127. The summed E-state index contributed by atoms with van der Waals surface area (Å²) in [5, 5.41) is 7.68. The lowest BCUT2D eigenvalue weighted by Gasteiger charge is -2.10. The van der Waals surface area contributed by atoms with Crippen molar-refractivity contribution in [2.75, 3.05) is 0 Å². The van der Waals surface area contributed by atoms with Gasteiger partial charge >= 0.3 is 0 Å². The van der Waals surface area contributed by atoms with Crippen molar-refractivity contribution in [1.82, 2.24) is 15.1 Å². The van der Waals surface area contributed by atoms with Gasteiger partial charge in [0.15, 0.2) is 3.77 Å². The Morgan fingerprint density at radius 2 is 2.00 bits per heavy atom.